The molecule has 1 heterocycles. The minimum atomic E-state index is -0.356. The second-order valence-electron chi connectivity index (χ2n) is 8.26. The fourth-order valence-electron chi connectivity index (χ4n) is 5.98. The monoisotopic (exact) mass is 346 g/mol. The van der Waals surface area contributed by atoms with Crippen LogP contribution in [0.25, 0.3) is 0 Å². The summed E-state index contributed by atoms with van der Waals surface area (Å²) in [6, 6.07) is 3.66. The molecule has 2 unspecified atom stereocenters. The highest BCUT2D eigenvalue weighted by atomic mass is 16.5. The molecule has 4 saturated carbocycles. The van der Waals surface area contributed by atoms with Gasteiger partial charge in [-0.15, -0.1) is 0 Å². The minimum Gasteiger partial charge on any atom is -0.469 e. The number of hydrogen-bond donors (Lipinski definition) is 2. The van der Waals surface area contributed by atoms with Crippen LogP contribution in [0.1, 0.15) is 54.7 Å². The number of aromatic nitrogens is 1. The van der Waals surface area contributed by atoms with Gasteiger partial charge in [0.2, 0.25) is 0 Å². The molecule has 0 saturated heterocycles. The van der Waals surface area contributed by atoms with E-state index in [1.54, 1.807) is 6.07 Å². The summed E-state index contributed by atoms with van der Waals surface area (Å²) in [6.45, 7) is 0.660. The van der Waals surface area contributed by atoms with Crippen LogP contribution in [0, 0.1) is 17.3 Å². The van der Waals surface area contributed by atoms with Crippen LogP contribution in [0.15, 0.2) is 12.1 Å². The molecule has 136 valence electrons. The summed E-state index contributed by atoms with van der Waals surface area (Å²) in [5.41, 5.74) is 1.15. The highest BCUT2D eigenvalue weighted by Gasteiger charge is 2.61. The highest BCUT2D eigenvalue weighted by molar-refractivity contribution is 5.87. The van der Waals surface area contributed by atoms with Gasteiger partial charge in [-0.1, -0.05) is 0 Å². The number of rotatable bonds is 5. The number of H-pyrrole nitrogens is 1. The third-order valence-electron chi connectivity index (χ3n) is 6.49. The Kier molecular flexibility index (Phi) is 3.90. The number of carbonyl (C=O) groups excluding carboxylic acids is 2. The number of nitrogens with one attached hydrogen (secondary N) is 2. The van der Waals surface area contributed by atoms with Crippen LogP contribution in [0.5, 0.6) is 0 Å². The number of carbonyl (C=O) groups is 2. The van der Waals surface area contributed by atoms with Crippen LogP contribution >= 0.6 is 0 Å². The molecule has 2 N–H and O–H groups in total. The van der Waals surface area contributed by atoms with E-state index in [1.807, 2.05) is 6.07 Å². The van der Waals surface area contributed by atoms with E-state index in [1.165, 1.54) is 20.6 Å². The lowest BCUT2D eigenvalue weighted by molar-refractivity contribution is -0.172. The second kappa shape index (κ2) is 5.87. The zero-order valence-electron chi connectivity index (χ0n) is 14.9. The summed E-state index contributed by atoms with van der Waals surface area (Å²) in [5.74, 6) is 0.843. The van der Waals surface area contributed by atoms with Crippen LogP contribution in [0.2, 0.25) is 0 Å². The lowest BCUT2D eigenvalue weighted by atomic mass is 9.47. The summed E-state index contributed by atoms with van der Waals surface area (Å²) in [5, 5.41) is 3.73. The van der Waals surface area contributed by atoms with Crippen molar-refractivity contribution in [3.8, 4) is 0 Å². The van der Waals surface area contributed by atoms with Gasteiger partial charge in [0.15, 0.2) is 0 Å². The first kappa shape index (κ1) is 16.6. The molecule has 0 amide bonds. The molecule has 0 radical (unpaired) electrons. The summed E-state index contributed by atoms with van der Waals surface area (Å²) < 4.78 is 9.90. The Balaban J connectivity index is 1.49. The topological polar surface area (TPSA) is 80.4 Å². The number of ether oxygens (including phenoxy) is 2. The molecule has 4 bridgehead atoms. The lowest BCUT2D eigenvalue weighted by Crippen LogP contribution is -2.63. The summed E-state index contributed by atoms with van der Waals surface area (Å²) in [7, 11) is 2.89. The molecular weight excluding hydrogens is 320 g/mol. The Morgan fingerprint density at radius 3 is 2.52 bits per heavy atom. The van der Waals surface area contributed by atoms with E-state index >= 15 is 0 Å². The first-order chi connectivity index (χ1) is 12.0. The van der Waals surface area contributed by atoms with Crippen molar-refractivity contribution in [2.45, 2.75) is 50.6 Å². The van der Waals surface area contributed by atoms with Crippen molar-refractivity contribution >= 4 is 11.9 Å². The van der Waals surface area contributed by atoms with Gasteiger partial charge in [-0.3, -0.25) is 4.79 Å². The van der Waals surface area contributed by atoms with E-state index < -0.39 is 0 Å². The van der Waals surface area contributed by atoms with Gasteiger partial charge in [-0.2, -0.15) is 0 Å². The lowest BCUT2D eigenvalue weighted by Gasteiger charge is -2.61. The standard InChI is InChI=1S/C19H26N2O4/c1-24-16(22)15-4-3-14(21-15)10-20-19-8-12-5-13(9-19)7-18(6-12,11-19)17(23)25-2/h3-4,12-13,20-21H,5-11H2,1-2H3. The average Bonchev–Trinajstić information content (AvgIpc) is 3.06. The Labute approximate surface area is 147 Å². The zero-order chi connectivity index (χ0) is 17.7. The summed E-state index contributed by atoms with van der Waals surface area (Å²) in [4.78, 5) is 27.2. The van der Waals surface area contributed by atoms with E-state index in [2.05, 4.69) is 10.3 Å². The summed E-state index contributed by atoms with van der Waals surface area (Å²) >= 11 is 0. The molecule has 6 nitrogen and oxygen atoms in total. The zero-order valence-corrected chi connectivity index (χ0v) is 14.9. The van der Waals surface area contributed by atoms with Crippen molar-refractivity contribution in [3.05, 3.63) is 23.5 Å². The van der Waals surface area contributed by atoms with Gasteiger partial charge >= 0.3 is 11.9 Å². The van der Waals surface area contributed by atoms with Crippen molar-refractivity contribution in [2.75, 3.05) is 14.2 Å². The van der Waals surface area contributed by atoms with Crippen LogP contribution in [0.4, 0.5) is 0 Å². The molecule has 1 aromatic rings. The van der Waals surface area contributed by atoms with Crippen molar-refractivity contribution in [1.29, 1.82) is 0 Å². The third-order valence-corrected chi connectivity index (χ3v) is 6.49. The fraction of sp³-hybridized carbons (Fsp3) is 0.684. The molecule has 0 aromatic carbocycles. The molecule has 4 aliphatic carbocycles. The number of hydrogen-bond acceptors (Lipinski definition) is 5. The molecule has 0 spiro atoms. The molecule has 6 heteroatoms. The second-order valence-corrected chi connectivity index (χ2v) is 8.26. The van der Waals surface area contributed by atoms with E-state index in [0.29, 0.717) is 24.1 Å². The van der Waals surface area contributed by atoms with Crippen LogP contribution in [-0.4, -0.2) is 36.7 Å². The number of esters is 2. The molecular formula is C19H26N2O4. The first-order valence-electron chi connectivity index (χ1n) is 9.07. The van der Waals surface area contributed by atoms with E-state index in [9.17, 15) is 9.59 Å². The summed E-state index contributed by atoms with van der Waals surface area (Å²) in [6.07, 6.45) is 6.34. The third kappa shape index (κ3) is 2.76. The van der Waals surface area contributed by atoms with Gasteiger partial charge in [-0.05, 0) is 62.5 Å². The first-order valence-corrected chi connectivity index (χ1v) is 9.07. The normalized spacial score (nSPS) is 35.6. The van der Waals surface area contributed by atoms with E-state index in [0.717, 1.165) is 37.8 Å². The maximum Gasteiger partial charge on any atom is 0.354 e. The van der Waals surface area contributed by atoms with Crippen molar-refractivity contribution in [1.82, 2.24) is 10.3 Å². The predicted octanol–water partition coefficient (Wildman–Crippen LogP) is 2.40. The number of aromatic amines is 1. The molecule has 5 rings (SSSR count). The van der Waals surface area contributed by atoms with Gasteiger partial charge in [0.1, 0.15) is 5.69 Å². The molecule has 0 aliphatic heterocycles. The Morgan fingerprint density at radius 1 is 1.16 bits per heavy atom. The maximum atomic E-state index is 12.5. The predicted molar refractivity (Wildman–Crippen MR) is 90.8 cm³/mol. The van der Waals surface area contributed by atoms with Gasteiger partial charge in [0.05, 0.1) is 19.6 Å². The van der Waals surface area contributed by atoms with Gasteiger partial charge in [0.25, 0.3) is 0 Å². The highest BCUT2D eigenvalue weighted by Crippen LogP contribution is 2.62. The molecule has 4 aliphatic rings. The molecule has 2 atom stereocenters. The largest absolute Gasteiger partial charge is 0.469 e. The number of methoxy groups -OCH3 is 2. The van der Waals surface area contributed by atoms with E-state index in [4.69, 9.17) is 9.47 Å². The van der Waals surface area contributed by atoms with Crippen molar-refractivity contribution < 1.29 is 19.1 Å². The quantitative estimate of drug-likeness (QED) is 0.800. The molecule has 4 fully saturated rings. The fourth-order valence-corrected chi connectivity index (χ4v) is 5.98. The smallest absolute Gasteiger partial charge is 0.354 e. The maximum absolute atomic E-state index is 12.5. The Hall–Kier alpha value is -1.82. The average molecular weight is 346 g/mol. The van der Waals surface area contributed by atoms with Gasteiger partial charge in [0, 0.05) is 17.8 Å². The van der Waals surface area contributed by atoms with E-state index in [-0.39, 0.29) is 22.9 Å². The van der Waals surface area contributed by atoms with Crippen LogP contribution < -0.4 is 5.32 Å². The van der Waals surface area contributed by atoms with Gasteiger partial charge < -0.3 is 19.8 Å². The van der Waals surface area contributed by atoms with Crippen molar-refractivity contribution in [3.63, 3.8) is 0 Å². The van der Waals surface area contributed by atoms with Gasteiger partial charge in [-0.25, -0.2) is 4.79 Å². The van der Waals surface area contributed by atoms with Crippen LogP contribution in [-0.2, 0) is 20.8 Å². The molecule has 25 heavy (non-hydrogen) atoms. The SMILES string of the molecule is COC(=O)c1ccc(CNC23CC4CC(C2)CC(C(=O)OC)(C4)C3)[nH]1. The molecule has 1 aromatic heterocycles. The van der Waals surface area contributed by atoms with Crippen molar-refractivity contribution in [2.24, 2.45) is 17.3 Å². The Bertz CT molecular complexity index is 681. The van der Waals surface area contributed by atoms with Crippen LogP contribution in [0.3, 0.4) is 0 Å². The minimum absolute atomic E-state index is 0.00874. The Morgan fingerprint density at radius 2 is 1.88 bits per heavy atom.